The van der Waals surface area contributed by atoms with Crippen molar-refractivity contribution in [2.24, 2.45) is 5.41 Å². The SMILES string of the molecule is CC(O)c1nc2cc(N)ccc2n1CCC(C)(C)C. The molecule has 1 aromatic heterocycles. The van der Waals surface area contributed by atoms with E-state index < -0.39 is 6.10 Å². The van der Waals surface area contributed by atoms with Gasteiger partial charge in [0.25, 0.3) is 0 Å². The summed E-state index contributed by atoms with van der Waals surface area (Å²) in [5, 5.41) is 9.89. The molecule has 1 unspecified atom stereocenters. The van der Waals surface area contributed by atoms with Crippen molar-refractivity contribution in [2.45, 2.75) is 46.8 Å². The molecule has 2 aromatic rings. The van der Waals surface area contributed by atoms with Gasteiger partial charge in [-0.15, -0.1) is 0 Å². The highest BCUT2D eigenvalue weighted by Crippen LogP contribution is 2.26. The van der Waals surface area contributed by atoms with Crippen LogP contribution in [-0.4, -0.2) is 14.7 Å². The Bertz CT molecular complexity index is 579. The van der Waals surface area contributed by atoms with Gasteiger partial charge in [-0.25, -0.2) is 4.98 Å². The van der Waals surface area contributed by atoms with E-state index >= 15 is 0 Å². The highest BCUT2D eigenvalue weighted by Gasteiger charge is 2.17. The zero-order valence-electron chi connectivity index (χ0n) is 12.1. The maximum absolute atomic E-state index is 9.89. The Labute approximate surface area is 114 Å². The molecule has 0 aliphatic heterocycles. The van der Waals surface area contributed by atoms with Crippen LogP contribution in [-0.2, 0) is 6.54 Å². The molecular weight excluding hydrogens is 238 g/mol. The maximum Gasteiger partial charge on any atom is 0.138 e. The normalized spacial score (nSPS) is 13.9. The van der Waals surface area contributed by atoms with E-state index in [1.165, 1.54) is 0 Å². The Morgan fingerprint density at radius 2 is 2.05 bits per heavy atom. The number of anilines is 1. The lowest BCUT2D eigenvalue weighted by Crippen LogP contribution is -2.13. The second kappa shape index (κ2) is 4.85. The van der Waals surface area contributed by atoms with Crippen LogP contribution in [0.3, 0.4) is 0 Å². The molecule has 0 saturated heterocycles. The van der Waals surface area contributed by atoms with Crippen molar-refractivity contribution in [1.82, 2.24) is 9.55 Å². The third-order valence-corrected chi connectivity index (χ3v) is 3.26. The third kappa shape index (κ3) is 3.07. The molecule has 1 heterocycles. The Hall–Kier alpha value is -1.55. The van der Waals surface area contributed by atoms with Gasteiger partial charge in [0.15, 0.2) is 0 Å². The number of aryl methyl sites for hydroxylation is 1. The number of hydrogen-bond acceptors (Lipinski definition) is 3. The maximum atomic E-state index is 9.89. The summed E-state index contributed by atoms with van der Waals surface area (Å²) < 4.78 is 2.10. The lowest BCUT2D eigenvalue weighted by atomic mass is 9.92. The van der Waals surface area contributed by atoms with E-state index in [1.807, 2.05) is 18.2 Å². The van der Waals surface area contributed by atoms with E-state index in [-0.39, 0.29) is 5.41 Å². The first kappa shape index (κ1) is 13.9. The van der Waals surface area contributed by atoms with Crippen molar-refractivity contribution >= 4 is 16.7 Å². The summed E-state index contributed by atoms with van der Waals surface area (Å²) in [5.74, 6) is 0.713. The lowest BCUT2D eigenvalue weighted by Gasteiger charge is -2.20. The number of aliphatic hydroxyl groups excluding tert-OH is 1. The summed E-state index contributed by atoms with van der Waals surface area (Å²) in [4.78, 5) is 4.51. The molecular formula is C15H23N3O. The fraction of sp³-hybridized carbons (Fsp3) is 0.533. The van der Waals surface area contributed by atoms with Crippen LogP contribution in [0.2, 0.25) is 0 Å². The molecule has 0 spiro atoms. The number of nitrogens with two attached hydrogens (primary N) is 1. The molecule has 0 aliphatic carbocycles. The largest absolute Gasteiger partial charge is 0.399 e. The van der Waals surface area contributed by atoms with E-state index in [0.29, 0.717) is 11.5 Å². The van der Waals surface area contributed by atoms with Gasteiger partial charge in [0.05, 0.1) is 11.0 Å². The molecule has 0 radical (unpaired) electrons. The summed E-state index contributed by atoms with van der Waals surface area (Å²) in [5.41, 5.74) is 8.63. The zero-order valence-corrected chi connectivity index (χ0v) is 12.1. The fourth-order valence-corrected chi connectivity index (χ4v) is 2.17. The molecule has 3 N–H and O–H groups in total. The van der Waals surface area contributed by atoms with Gasteiger partial charge in [-0.2, -0.15) is 0 Å². The molecule has 19 heavy (non-hydrogen) atoms. The average molecular weight is 261 g/mol. The molecule has 0 saturated carbocycles. The van der Waals surface area contributed by atoms with Crippen LogP contribution in [0.15, 0.2) is 18.2 Å². The van der Waals surface area contributed by atoms with Crippen molar-refractivity contribution in [3.63, 3.8) is 0 Å². The van der Waals surface area contributed by atoms with Gasteiger partial charge in [-0.1, -0.05) is 20.8 Å². The van der Waals surface area contributed by atoms with Gasteiger partial charge < -0.3 is 15.4 Å². The van der Waals surface area contributed by atoms with Crippen LogP contribution in [0.25, 0.3) is 11.0 Å². The molecule has 4 nitrogen and oxygen atoms in total. The Kier molecular flexibility index (Phi) is 3.54. The van der Waals surface area contributed by atoms with Gasteiger partial charge >= 0.3 is 0 Å². The third-order valence-electron chi connectivity index (χ3n) is 3.26. The number of aromatic nitrogens is 2. The first-order chi connectivity index (χ1) is 8.78. The van der Waals surface area contributed by atoms with E-state index in [9.17, 15) is 5.11 Å². The summed E-state index contributed by atoms with van der Waals surface area (Å²) in [6, 6.07) is 5.71. The van der Waals surface area contributed by atoms with E-state index in [0.717, 1.165) is 24.0 Å². The summed E-state index contributed by atoms with van der Waals surface area (Å²) in [7, 11) is 0. The number of fused-ring (bicyclic) bond motifs is 1. The summed E-state index contributed by atoms with van der Waals surface area (Å²) in [6.07, 6.45) is 0.455. The minimum atomic E-state index is -0.575. The van der Waals surface area contributed by atoms with Gasteiger partial charge in [0.1, 0.15) is 11.9 Å². The smallest absolute Gasteiger partial charge is 0.138 e. The minimum Gasteiger partial charge on any atom is -0.399 e. The van der Waals surface area contributed by atoms with Gasteiger partial charge in [0, 0.05) is 12.2 Å². The minimum absolute atomic E-state index is 0.250. The molecule has 1 atom stereocenters. The predicted octanol–water partition coefficient (Wildman–Crippen LogP) is 3.11. The molecule has 0 aliphatic rings. The Balaban J connectivity index is 2.46. The molecule has 1 aromatic carbocycles. The zero-order chi connectivity index (χ0) is 14.2. The van der Waals surface area contributed by atoms with Crippen molar-refractivity contribution < 1.29 is 5.11 Å². The number of aliphatic hydroxyl groups is 1. The molecule has 0 amide bonds. The van der Waals surface area contributed by atoms with Crippen molar-refractivity contribution in [3.8, 4) is 0 Å². The van der Waals surface area contributed by atoms with Crippen LogP contribution in [0.5, 0.6) is 0 Å². The standard InChI is InChI=1S/C15H23N3O/c1-10(19)14-17-12-9-11(16)5-6-13(12)18(14)8-7-15(2,3)4/h5-6,9-10,19H,7-8,16H2,1-4H3. The second-order valence-corrected chi connectivity index (χ2v) is 6.36. The van der Waals surface area contributed by atoms with E-state index in [2.05, 4.69) is 30.3 Å². The van der Waals surface area contributed by atoms with Crippen LogP contribution in [0.1, 0.15) is 46.0 Å². The van der Waals surface area contributed by atoms with Crippen molar-refractivity contribution in [1.29, 1.82) is 0 Å². The average Bonchev–Trinajstić information content (AvgIpc) is 2.63. The highest BCUT2D eigenvalue weighted by molar-refractivity contribution is 5.79. The van der Waals surface area contributed by atoms with E-state index in [4.69, 9.17) is 5.73 Å². The summed E-state index contributed by atoms with van der Waals surface area (Å²) >= 11 is 0. The quantitative estimate of drug-likeness (QED) is 0.834. The van der Waals surface area contributed by atoms with Crippen LogP contribution in [0.4, 0.5) is 5.69 Å². The fourth-order valence-electron chi connectivity index (χ4n) is 2.17. The second-order valence-electron chi connectivity index (χ2n) is 6.36. The topological polar surface area (TPSA) is 64.1 Å². The first-order valence-corrected chi connectivity index (χ1v) is 6.72. The molecule has 2 rings (SSSR count). The number of nitrogen functional groups attached to an aromatic ring is 1. The van der Waals surface area contributed by atoms with Gasteiger partial charge in [-0.3, -0.25) is 0 Å². The van der Waals surface area contributed by atoms with Crippen LogP contribution >= 0.6 is 0 Å². The van der Waals surface area contributed by atoms with E-state index in [1.54, 1.807) is 6.92 Å². The van der Waals surface area contributed by atoms with Crippen LogP contribution < -0.4 is 5.73 Å². The molecule has 4 heteroatoms. The van der Waals surface area contributed by atoms with Crippen molar-refractivity contribution in [2.75, 3.05) is 5.73 Å². The van der Waals surface area contributed by atoms with Crippen LogP contribution in [0, 0.1) is 5.41 Å². The molecule has 0 fully saturated rings. The monoisotopic (exact) mass is 261 g/mol. The molecule has 0 bridgehead atoms. The predicted molar refractivity (Wildman–Crippen MR) is 78.9 cm³/mol. The number of hydrogen-bond donors (Lipinski definition) is 2. The molecule has 104 valence electrons. The van der Waals surface area contributed by atoms with Gasteiger partial charge in [-0.05, 0) is 37.0 Å². The Morgan fingerprint density at radius 1 is 1.37 bits per heavy atom. The lowest BCUT2D eigenvalue weighted by molar-refractivity contribution is 0.182. The highest BCUT2D eigenvalue weighted by atomic mass is 16.3. The number of rotatable bonds is 3. The van der Waals surface area contributed by atoms with Crippen molar-refractivity contribution in [3.05, 3.63) is 24.0 Å². The summed E-state index contributed by atoms with van der Waals surface area (Å²) in [6.45, 7) is 9.24. The number of imidazole rings is 1. The first-order valence-electron chi connectivity index (χ1n) is 6.72. The van der Waals surface area contributed by atoms with Gasteiger partial charge in [0.2, 0.25) is 0 Å². The number of nitrogens with zero attached hydrogens (tertiary/aromatic N) is 2. The number of benzene rings is 1. The Morgan fingerprint density at radius 3 is 2.63 bits per heavy atom.